The van der Waals surface area contributed by atoms with Gasteiger partial charge in [-0.1, -0.05) is 30.3 Å². The van der Waals surface area contributed by atoms with Crippen molar-refractivity contribution < 1.29 is 9.47 Å². The van der Waals surface area contributed by atoms with Crippen LogP contribution in [0.1, 0.15) is 63.5 Å². The van der Waals surface area contributed by atoms with E-state index in [4.69, 9.17) is 14.5 Å². The van der Waals surface area contributed by atoms with E-state index in [2.05, 4.69) is 52.4 Å². The van der Waals surface area contributed by atoms with Crippen LogP contribution in [0, 0.1) is 0 Å². The number of hydrogen-bond acceptors (Lipinski definition) is 4. The highest BCUT2D eigenvalue weighted by molar-refractivity contribution is 14.0. The van der Waals surface area contributed by atoms with Crippen LogP contribution in [0.3, 0.4) is 0 Å². The molecule has 3 fully saturated rings. The van der Waals surface area contributed by atoms with Crippen LogP contribution in [-0.4, -0.2) is 80.4 Å². The Morgan fingerprint density at radius 1 is 1.06 bits per heavy atom. The predicted octanol–water partition coefficient (Wildman–Crippen LogP) is 4.46. The lowest BCUT2D eigenvalue weighted by Crippen LogP contribution is -2.47. The maximum atomic E-state index is 6.22. The molecule has 0 amide bonds. The van der Waals surface area contributed by atoms with E-state index in [1.807, 2.05) is 0 Å². The van der Waals surface area contributed by atoms with Gasteiger partial charge in [-0.25, -0.2) is 0 Å². The normalized spacial score (nSPS) is 23.8. The molecule has 2 unspecified atom stereocenters. The molecule has 7 heteroatoms. The largest absolute Gasteiger partial charge is 0.376 e. The highest BCUT2D eigenvalue weighted by atomic mass is 127. The van der Waals surface area contributed by atoms with E-state index in [0.29, 0.717) is 18.2 Å². The summed E-state index contributed by atoms with van der Waals surface area (Å²) in [5.74, 6) is 1.06. The van der Waals surface area contributed by atoms with Crippen molar-refractivity contribution in [1.82, 2.24) is 15.1 Å². The topological polar surface area (TPSA) is 49.3 Å². The van der Waals surface area contributed by atoms with E-state index in [0.717, 1.165) is 64.6 Å². The van der Waals surface area contributed by atoms with Gasteiger partial charge in [-0.05, 0) is 70.5 Å². The fourth-order valence-corrected chi connectivity index (χ4v) is 5.18. The number of piperidine rings is 1. The van der Waals surface area contributed by atoms with Crippen molar-refractivity contribution in [2.75, 3.05) is 52.5 Å². The Kier molecular flexibility index (Phi) is 11.7. The van der Waals surface area contributed by atoms with Gasteiger partial charge in [-0.3, -0.25) is 9.89 Å². The van der Waals surface area contributed by atoms with Crippen molar-refractivity contribution in [2.24, 2.45) is 4.99 Å². The Hall–Kier alpha value is -0.900. The first-order chi connectivity index (χ1) is 15.8. The molecule has 0 spiro atoms. The van der Waals surface area contributed by atoms with Gasteiger partial charge in [-0.15, -0.1) is 24.0 Å². The number of guanidine groups is 1. The highest BCUT2D eigenvalue weighted by Crippen LogP contribution is 2.26. The molecule has 3 saturated heterocycles. The van der Waals surface area contributed by atoms with Crippen LogP contribution in [-0.2, 0) is 9.47 Å². The van der Waals surface area contributed by atoms with Gasteiger partial charge in [-0.2, -0.15) is 0 Å². The van der Waals surface area contributed by atoms with Gasteiger partial charge in [0, 0.05) is 26.2 Å². The van der Waals surface area contributed by atoms with Crippen LogP contribution in [0.5, 0.6) is 0 Å². The Morgan fingerprint density at radius 2 is 1.82 bits per heavy atom. The molecule has 33 heavy (non-hydrogen) atoms. The van der Waals surface area contributed by atoms with Gasteiger partial charge in [0.2, 0.25) is 0 Å². The third kappa shape index (κ3) is 8.08. The average Bonchev–Trinajstić information content (AvgIpc) is 3.39. The van der Waals surface area contributed by atoms with Gasteiger partial charge in [0.25, 0.3) is 0 Å². The molecule has 186 valence electrons. The summed E-state index contributed by atoms with van der Waals surface area (Å²) < 4.78 is 12.0. The molecule has 1 N–H and O–H groups in total. The van der Waals surface area contributed by atoms with Crippen LogP contribution < -0.4 is 5.32 Å². The summed E-state index contributed by atoms with van der Waals surface area (Å²) in [5, 5.41) is 3.54. The number of nitrogens with one attached hydrogen (secondary N) is 1. The van der Waals surface area contributed by atoms with E-state index in [-0.39, 0.29) is 24.0 Å². The van der Waals surface area contributed by atoms with Crippen molar-refractivity contribution >= 4 is 29.9 Å². The second-order valence-electron chi connectivity index (χ2n) is 9.37. The first-order valence-corrected chi connectivity index (χ1v) is 12.9. The molecule has 0 bridgehead atoms. The molecular formula is C26H43IN4O2. The molecule has 0 radical (unpaired) electrons. The molecule has 1 aromatic rings. The van der Waals surface area contributed by atoms with Gasteiger partial charge >= 0.3 is 0 Å². The third-order valence-corrected chi connectivity index (χ3v) is 7.05. The van der Waals surface area contributed by atoms with Crippen LogP contribution in [0.4, 0.5) is 0 Å². The molecule has 1 aromatic carbocycles. The Labute approximate surface area is 217 Å². The molecule has 4 rings (SSSR count). The first kappa shape index (κ1) is 26.7. The maximum absolute atomic E-state index is 6.22. The van der Waals surface area contributed by atoms with Crippen LogP contribution >= 0.6 is 24.0 Å². The average molecular weight is 571 g/mol. The summed E-state index contributed by atoms with van der Waals surface area (Å²) >= 11 is 0. The SMILES string of the molecule is CCNC(=NCC(c1ccccc1)N1CCCC1)N1CCC(OCC2CCCCO2)CC1.I. The summed E-state index contributed by atoms with van der Waals surface area (Å²) in [7, 11) is 0. The van der Waals surface area contributed by atoms with Gasteiger partial charge < -0.3 is 19.7 Å². The molecule has 0 saturated carbocycles. The summed E-state index contributed by atoms with van der Waals surface area (Å²) in [5.41, 5.74) is 1.38. The minimum Gasteiger partial charge on any atom is -0.376 e. The number of benzene rings is 1. The lowest BCUT2D eigenvalue weighted by molar-refractivity contribution is -0.0721. The smallest absolute Gasteiger partial charge is 0.193 e. The summed E-state index contributed by atoms with van der Waals surface area (Å²) in [4.78, 5) is 10.2. The molecule has 3 heterocycles. The fourth-order valence-electron chi connectivity index (χ4n) is 5.18. The Morgan fingerprint density at radius 3 is 2.48 bits per heavy atom. The van der Waals surface area contributed by atoms with E-state index in [1.54, 1.807) is 0 Å². The van der Waals surface area contributed by atoms with E-state index >= 15 is 0 Å². The number of hydrogen-bond donors (Lipinski definition) is 1. The zero-order valence-electron chi connectivity index (χ0n) is 20.3. The monoisotopic (exact) mass is 570 g/mol. The Bertz CT molecular complexity index is 685. The van der Waals surface area contributed by atoms with E-state index in [1.165, 1.54) is 44.3 Å². The van der Waals surface area contributed by atoms with Gasteiger partial charge in [0.15, 0.2) is 5.96 Å². The zero-order chi connectivity index (χ0) is 22.0. The number of ether oxygens (including phenoxy) is 2. The summed E-state index contributed by atoms with van der Waals surface area (Å²) in [6, 6.07) is 11.3. The lowest BCUT2D eigenvalue weighted by Gasteiger charge is -2.35. The third-order valence-electron chi connectivity index (χ3n) is 7.05. The standard InChI is InChI=1S/C26H42N4O2.HI/c1-2-27-26(28-20-25(29-15-7-8-16-29)22-10-4-3-5-11-22)30-17-13-23(14-18-30)32-21-24-12-6-9-19-31-24;/h3-5,10-11,23-25H,2,6-9,12-21H2,1H3,(H,27,28);1H. The number of halogens is 1. The first-order valence-electron chi connectivity index (χ1n) is 12.9. The molecule has 3 aliphatic heterocycles. The van der Waals surface area contributed by atoms with Gasteiger partial charge in [0.1, 0.15) is 0 Å². The quantitative estimate of drug-likeness (QED) is 0.284. The van der Waals surface area contributed by atoms with Crippen molar-refractivity contribution in [3.05, 3.63) is 35.9 Å². The lowest BCUT2D eigenvalue weighted by atomic mass is 10.1. The second-order valence-corrected chi connectivity index (χ2v) is 9.37. The molecular weight excluding hydrogens is 527 g/mol. The van der Waals surface area contributed by atoms with Gasteiger partial charge in [0.05, 0.1) is 31.4 Å². The van der Waals surface area contributed by atoms with Crippen LogP contribution in [0.25, 0.3) is 0 Å². The number of rotatable bonds is 8. The maximum Gasteiger partial charge on any atom is 0.193 e. The van der Waals surface area contributed by atoms with Crippen LogP contribution in [0.2, 0.25) is 0 Å². The minimum atomic E-state index is 0. The van der Waals surface area contributed by atoms with Crippen molar-refractivity contribution in [1.29, 1.82) is 0 Å². The number of likely N-dealkylation sites (tertiary alicyclic amines) is 2. The summed E-state index contributed by atoms with van der Waals surface area (Å²) in [6.45, 7) is 9.88. The Balaban J connectivity index is 0.00000306. The predicted molar refractivity (Wildman–Crippen MR) is 146 cm³/mol. The molecule has 2 atom stereocenters. The fraction of sp³-hybridized carbons (Fsp3) is 0.731. The highest BCUT2D eigenvalue weighted by Gasteiger charge is 2.26. The summed E-state index contributed by atoms with van der Waals surface area (Å²) in [6.07, 6.45) is 8.99. The second kappa shape index (κ2) is 14.5. The molecule has 3 aliphatic rings. The number of aliphatic imine (C=N–C) groups is 1. The molecule has 0 aliphatic carbocycles. The number of nitrogens with zero attached hydrogens (tertiary/aromatic N) is 3. The minimum absolute atomic E-state index is 0. The van der Waals surface area contributed by atoms with Crippen molar-refractivity contribution in [2.45, 2.75) is 70.1 Å². The zero-order valence-corrected chi connectivity index (χ0v) is 22.6. The van der Waals surface area contributed by atoms with E-state index < -0.39 is 0 Å². The van der Waals surface area contributed by atoms with Crippen molar-refractivity contribution in [3.8, 4) is 0 Å². The molecule has 6 nitrogen and oxygen atoms in total. The van der Waals surface area contributed by atoms with Crippen molar-refractivity contribution in [3.63, 3.8) is 0 Å². The van der Waals surface area contributed by atoms with Crippen LogP contribution in [0.15, 0.2) is 35.3 Å². The van der Waals surface area contributed by atoms with E-state index in [9.17, 15) is 0 Å². The molecule has 0 aromatic heterocycles.